The molecule has 0 unspecified atom stereocenters. The Morgan fingerprint density at radius 2 is 2.12 bits per heavy atom. The molecule has 0 spiro atoms. The van der Waals surface area contributed by atoms with Crippen molar-refractivity contribution < 1.29 is 12.9 Å². The molecule has 2 aromatic heterocycles. The molecule has 1 N–H and O–H groups in total. The van der Waals surface area contributed by atoms with E-state index in [2.05, 4.69) is 14.9 Å². The number of sulfonamides is 1. The number of halogens is 1. The largest absolute Gasteiger partial charge is 0.339 e. The molecule has 1 aromatic carbocycles. The first-order valence-electron chi connectivity index (χ1n) is 8.14. The number of hydrogen-bond donors (Lipinski definition) is 1. The van der Waals surface area contributed by atoms with Crippen molar-refractivity contribution in [2.24, 2.45) is 0 Å². The number of aryl methyl sites for hydroxylation is 1. The van der Waals surface area contributed by atoms with Gasteiger partial charge in [0.15, 0.2) is 0 Å². The zero-order valence-electron chi connectivity index (χ0n) is 13.9. The van der Waals surface area contributed by atoms with Gasteiger partial charge in [-0.05, 0) is 43.5 Å². The summed E-state index contributed by atoms with van der Waals surface area (Å²) in [6, 6.07) is 6.59. The van der Waals surface area contributed by atoms with Crippen LogP contribution in [0.15, 0.2) is 38.4 Å². The lowest BCUT2D eigenvalue weighted by Gasteiger charge is -2.20. The summed E-state index contributed by atoms with van der Waals surface area (Å²) in [7, 11) is -3.71. The van der Waals surface area contributed by atoms with Crippen LogP contribution in [0, 0.1) is 6.92 Å². The number of anilines is 1. The summed E-state index contributed by atoms with van der Waals surface area (Å²) < 4.78 is 33.2. The predicted molar refractivity (Wildman–Crippen MR) is 101 cm³/mol. The third-order valence-corrected chi connectivity index (χ3v) is 7.65. The molecule has 0 atom stereocenters. The molecule has 26 heavy (non-hydrogen) atoms. The van der Waals surface area contributed by atoms with Crippen LogP contribution >= 0.6 is 22.9 Å². The van der Waals surface area contributed by atoms with Crippen LogP contribution in [0.1, 0.15) is 36.6 Å². The second kappa shape index (κ2) is 6.68. The summed E-state index contributed by atoms with van der Waals surface area (Å²) in [6.07, 6.45) is 3.31. The van der Waals surface area contributed by atoms with Gasteiger partial charge in [0.25, 0.3) is 10.0 Å². The van der Waals surface area contributed by atoms with E-state index in [1.165, 1.54) is 6.42 Å². The van der Waals surface area contributed by atoms with Crippen molar-refractivity contribution in [3.8, 4) is 11.4 Å². The summed E-state index contributed by atoms with van der Waals surface area (Å²) in [4.78, 5) is 4.40. The van der Waals surface area contributed by atoms with Crippen LogP contribution in [0.5, 0.6) is 0 Å². The van der Waals surface area contributed by atoms with Crippen LogP contribution in [0.3, 0.4) is 0 Å². The smallest absolute Gasteiger partial charge is 0.271 e. The lowest BCUT2D eigenvalue weighted by Crippen LogP contribution is -2.11. The lowest BCUT2D eigenvalue weighted by atomic mass is 9.85. The van der Waals surface area contributed by atoms with E-state index in [1.54, 1.807) is 29.6 Å². The predicted octanol–water partition coefficient (Wildman–Crippen LogP) is 4.83. The first-order chi connectivity index (χ1) is 12.4. The molecule has 1 saturated carbocycles. The Kier molecular flexibility index (Phi) is 4.50. The maximum absolute atomic E-state index is 12.6. The standard InChI is InChI=1S/C17H16ClN3O3S2/c1-10-5-6-13(8-14(10)18)21-26(22,23)15-7-12(9-25-15)16-19-17(24-20-16)11-3-2-4-11/h5-9,11,21H,2-4H2,1H3. The van der Waals surface area contributed by atoms with Gasteiger partial charge in [0.2, 0.25) is 11.7 Å². The molecule has 0 aliphatic heterocycles. The minimum atomic E-state index is -3.71. The van der Waals surface area contributed by atoms with Crippen LogP contribution in [-0.4, -0.2) is 18.6 Å². The van der Waals surface area contributed by atoms with E-state index < -0.39 is 10.0 Å². The topological polar surface area (TPSA) is 85.1 Å². The number of hydrogen-bond acceptors (Lipinski definition) is 6. The minimum absolute atomic E-state index is 0.180. The molecule has 6 nitrogen and oxygen atoms in total. The van der Waals surface area contributed by atoms with Crippen molar-refractivity contribution in [3.63, 3.8) is 0 Å². The Morgan fingerprint density at radius 3 is 2.81 bits per heavy atom. The molecule has 0 bridgehead atoms. The number of thiophene rings is 1. The van der Waals surface area contributed by atoms with E-state index in [9.17, 15) is 8.42 Å². The summed E-state index contributed by atoms with van der Waals surface area (Å²) in [5.74, 6) is 1.39. The molecule has 1 aliphatic rings. The first kappa shape index (κ1) is 17.5. The third kappa shape index (κ3) is 3.36. The zero-order valence-corrected chi connectivity index (χ0v) is 16.3. The Hall–Kier alpha value is -1.90. The van der Waals surface area contributed by atoms with Gasteiger partial charge in [-0.1, -0.05) is 29.2 Å². The fraction of sp³-hybridized carbons (Fsp3) is 0.294. The van der Waals surface area contributed by atoms with Crippen molar-refractivity contribution in [1.29, 1.82) is 0 Å². The highest BCUT2D eigenvalue weighted by molar-refractivity contribution is 7.94. The molecule has 4 rings (SSSR count). The second-order valence-corrected chi connectivity index (χ2v) is 9.54. The average Bonchev–Trinajstić information content (AvgIpc) is 3.18. The van der Waals surface area contributed by atoms with E-state index >= 15 is 0 Å². The number of benzene rings is 1. The van der Waals surface area contributed by atoms with Crippen LogP contribution in [-0.2, 0) is 10.0 Å². The van der Waals surface area contributed by atoms with Gasteiger partial charge in [0.05, 0.1) is 5.69 Å². The Balaban J connectivity index is 1.56. The van der Waals surface area contributed by atoms with Gasteiger partial charge >= 0.3 is 0 Å². The van der Waals surface area contributed by atoms with Gasteiger partial charge in [0, 0.05) is 21.9 Å². The van der Waals surface area contributed by atoms with Gasteiger partial charge < -0.3 is 4.52 Å². The van der Waals surface area contributed by atoms with Crippen molar-refractivity contribution in [3.05, 3.63) is 46.1 Å². The van der Waals surface area contributed by atoms with Crippen molar-refractivity contribution in [2.45, 2.75) is 36.3 Å². The SMILES string of the molecule is Cc1ccc(NS(=O)(=O)c2cc(-c3noc(C4CCC4)n3)cs2)cc1Cl. The van der Waals surface area contributed by atoms with Gasteiger partial charge in [-0.2, -0.15) is 4.98 Å². The van der Waals surface area contributed by atoms with Gasteiger partial charge in [-0.25, -0.2) is 8.42 Å². The molecule has 2 heterocycles. The summed E-state index contributed by atoms with van der Waals surface area (Å²) >= 11 is 7.17. The Morgan fingerprint density at radius 1 is 1.31 bits per heavy atom. The quantitative estimate of drug-likeness (QED) is 0.652. The average molecular weight is 410 g/mol. The highest BCUT2D eigenvalue weighted by Crippen LogP contribution is 2.36. The summed E-state index contributed by atoms with van der Waals surface area (Å²) in [6.45, 7) is 1.86. The van der Waals surface area contributed by atoms with E-state index in [0.717, 1.165) is 29.7 Å². The molecule has 9 heteroatoms. The maximum atomic E-state index is 12.6. The molecular formula is C17H16ClN3O3S2. The monoisotopic (exact) mass is 409 g/mol. The van der Waals surface area contributed by atoms with Crippen LogP contribution in [0.4, 0.5) is 5.69 Å². The second-order valence-electron chi connectivity index (χ2n) is 6.31. The zero-order chi connectivity index (χ0) is 18.3. The first-order valence-corrected chi connectivity index (χ1v) is 10.9. The number of nitrogens with zero attached hydrogens (tertiary/aromatic N) is 2. The van der Waals surface area contributed by atoms with Crippen LogP contribution in [0.2, 0.25) is 5.02 Å². The van der Waals surface area contributed by atoms with Crippen molar-refractivity contribution in [1.82, 2.24) is 10.1 Å². The van der Waals surface area contributed by atoms with Gasteiger partial charge in [0.1, 0.15) is 4.21 Å². The molecule has 3 aromatic rings. The number of rotatable bonds is 5. The molecule has 0 saturated heterocycles. The van der Waals surface area contributed by atoms with Crippen molar-refractivity contribution in [2.75, 3.05) is 4.72 Å². The highest BCUT2D eigenvalue weighted by Gasteiger charge is 2.26. The summed E-state index contributed by atoms with van der Waals surface area (Å²) in [5, 5.41) is 6.20. The van der Waals surface area contributed by atoms with Crippen LogP contribution < -0.4 is 4.72 Å². The van der Waals surface area contributed by atoms with E-state index in [0.29, 0.717) is 33.9 Å². The third-order valence-electron chi connectivity index (χ3n) is 4.42. The van der Waals surface area contributed by atoms with E-state index in [-0.39, 0.29) is 4.21 Å². The van der Waals surface area contributed by atoms with E-state index in [4.69, 9.17) is 16.1 Å². The van der Waals surface area contributed by atoms with E-state index in [1.807, 2.05) is 6.92 Å². The minimum Gasteiger partial charge on any atom is -0.339 e. The van der Waals surface area contributed by atoms with Gasteiger partial charge in [-0.15, -0.1) is 11.3 Å². The molecule has 0 radical (unpaired) electrons. The number of nitrogens with one attached hydrogen (secondary N) is 1. The molecular weight excluding hydrogens is 394 g/mol. The molecule has 1 fully saturated rings. The fourth-order valence-corrected chi connectivity index (χ4v) is 5.00. The summed E-state index contributed by atoms with van der Waals surface area (Å²) in [5.41, 5.74) is 1.93. The van der Waals surface area contributed by atoms with Crippen LogP contribution in [0.25, 0.3) is 11.4 Å². The molecule has 0 amide bonds. The lowest BCUT2D eigenvalue weighted by molar-refractivity contribution is 0.292. The number of aromatic nitrogens is 2. The normalized spacial score (nSPS) is 15.0. The fourth-order valence-electron chi connectivity index (χ4n) is 2.61. The Labute approximate surface area is 160 Å². The van der Waals surface area contributed by atoms with Gasteiger partial charge in [-0.3, -0.25) is 4.72 Å². The molecule has 136 valence electrons. The maximum Gasteiger partial charge on any atom is 0.271 e. The highest BCUT2D eigenvalue weighted by atomic mass is 35.5. The Bertz CT molecular complexity index is 1050. The van der Waals surface area contributed by atoms with Crippen molar-refractivity contribution >= 4 is 38.6 Å². The molecule has 1 aliphatic carbocycles.